The third kappa shape index (κ3) is 2.35. The summed E-state index contributed by atoms with van der Waals surface area (Å²) in [7, 11) is 1.75. The molecule has 20 heavy (non-hydrogen) atoms. The van der Waals surface area contributed by atoms with Crippen molar-refractivity contribution in [3.63, 3.8) is 0 Å². The lowest BCUT2D eigenvalue weighted by Gasteiger charge is -2.09. The summed E-state index contributed by atoms with van der Waals surface area (Å²) in [6.45, 7) is 0. The molecule has 0 amide bonds. The standard InChI is InChI=1S/C12H10Cl2N6/c1-15-12-18-10(7-5-16-20-11(7)19-12)17-6-2-3-8(13)9(14)4-6/h2-5H,1H3,(H3,15,16,17,18,19,20). The number of aromatic amines is 1. The molecule has 2 aromatic heterocycles. The molecule has 0 radical (unpaired) electrons. The van der Waals surface area contributed by atoms with E-state index in [2.05, 4.69) is 30.8 Å². The van der Waals surface area contributed by atoms with Gasteiger partial charge in [-0.2, -0.15) is 15.1 Å². The van der Waals surface area contributed by atoms with E-state index in [9.17, 15) is 0 Å². The molecule has 0 aliphatic heterocycles. The molecule has 0 unspecified atom stereocenters. The van der Waals surface area contributed by atoms with Crippen LogP contribution in [-0.2, 0) is 0 Å². The van der Waals surface area contributed by atoms with Gasteiger partial charge in [-0.3, -0.25) is 5.10 Å². The van der Waals surface area contributed by atoms with E-state index < -0.39 is 0 Å². The van der Waals surface area contributed by atoms with Crippen LogP contribution in [0, 0.1) is 0 Å². The number of aromatic nitrogens is 4. The summed E-state index contributed by atoms with van der Waals surface area (Å²) in [5.74, 6) is 1.12. The van der Waals surface area contributed by atoms with Crippen molar-refractivity contribution in [3.05, 3.63) is 34.4 Å². The zero-order chi connectivity index (χ0) is 14.1. The lowest BCUT2D eigenvalue weighted by atomic mass is 10.3. The number of H-pyrrole nitrogens is 1. The van der Waals surface area contributed by atoms with E-state index in [-0.39, 0.29) is 0 Å². The van der Waals surface area contributed by atoms with Crippen molar-refractivity contribution in [2.24, 2.45) is 0 Å². The first-order valence-electron chi connectivity index (χ1n) is 5.78. The zero-order valence-electron chi connectivity index (χ0n) is 10.4. The van der Waals surface area contributed by atoms with Crippen molar-refractivity contribution in [1.29, 1.82) is 0 Å². The molecule has 3 rings (SSSR count). The molecular formula is C12H10Cl2N6. The van der Waals surface area contributed by atoms with Gasteiger partial charge in [0.2, 0.25) is 5.95 Å². The maximum Gasteiger partial charge on any atom is 0.226 e. The third-order valence-corrected chi connectivity index (χ3v) is 3.45. The molecule has 0 aliphatic rings. The molecule has 3 aromatic rings. The molecule has 1 aromatic carbocycles. The van der Waals surface area contributed by atoms with Crippen LogP contribution in [0.25, 0.3) is 11.0 Å². The van der Waals surface area contributed by atoms with Crippen molar-refractivity contribution in [2.75, 3.05) is 17.7 Å². The summed E-state index contributed by atoms with van der Waals surface area (Å²) in [5.41, 5.74) is 1.43. The van der Waals surface area contributed by atoms with Crippen LogP contribution in [0.15, 0.2) is 24.4 Å². The Morgan fingerprint density at radius 3 is 2.75 bits per heavy atom. The molecule has 0 saturated carbocycles. The largest absolute Gasteiger partial charge is 0.357 e. The molecule has 3 N–H and O–H groups in total. The van der Waals surface area contributed by atoms with Crippen molar-refractivity contribution >= 4 is 51.7 Å². The summed E-state index contributed by atoms with van der Waals surface area (Å²) in [4.78, 5) is 8.63. The normalized spacial score (nSPS) is 10.8. The van der Waals surface area contributed by atoms with Crippen LogP contribution in [0.1, 0.15) is 0 Å². The highest BCUT2D eigenvalue weighted by Gasteiger charge is 2.09. The van der Waals surface area contributed by atoms with E-state index in [4.69, 9.17) is 23.2 Å². The van der Waals surface area contributed by atoms with Gasteiger partial charge >= 0.3 is 0 Å². The van der Waals surface area contributed by atoms with Crippen molar-refractivity contribution in [3.8, 4) is 0 Å². The Labute approximate surface area is 124 Å². The van der Waals surface area contributed by atoms with Crippen molar-refractivity contribution < 1.29 is 0 Å². The Morgan fingerprint density at radius 1 is 1.15 bits per heavy atom. The lowest BCUT2D eigenvalue weighted by Crippen LogP contribution is -2.01. The number of benzene rings is 1. The average Bonchev–Trinajstić information content (AvgIpc) is 2.91. The Hall–Kier alpha value is -2.05. The maximum absolute atomic E-state index is 6.00. The number of halogens is 2. The van der Waals surface area contributed by atoms with Crippen molar-refractivity contribution in [1.82, 2.24) is 20.2 Å². The van der Waals surface area contributed by atoms with E-state index in [0.717, 1.165) is 11.1 Å². The molecule has 0 atom stereocenters. The summed E-state index contributed by atoms with van der Waals surface area (Å²) in [5, 5.41) is 14.6. The highest BCUT2D eigenvalue weighted by atomic mass is 35.5. The van der Waals surface area contributed by atoms with Crippen LogP contribution in [0.4, 0.5) is 17.5 Å². The van der Waals surface area contributed by atoms with Crippen molar-refractivity contribution in [2.45, 2.75) is 0 Å². The van der Waals surface area contributed by atoms with Gasteiger partial charge in [-0.05, 0) is 18.2 Å². The SMILES string of the molecule is CNc1nc(Nc2ccc(Cl)c(Cl)c2)c2cn[nH]c2n1. The van der Waals surface area contributed by atoms with Gasteiger partial charge in [0.15, 0.2) is 5.65 Å². The Kier molecular flexibility index (Phi) is 3.33. The van der Waals surface area contributed by atoms with E-state index >= 15 is 0 Å². The van der Waals surface area contributed by atoms with Gasteiger partial charge in [0, 0.05) is 12.7 Å². The quantitative estimate of drug-likeness (QED) is 0.690. The molecule has 0 aliphatic carbocycles. The number of nitrogens with one attached hydrogen (secondary N) is 3. The second-order valence-electron chi connectivity index (χ2n) is 4.03. The first-order valence-corrected chi connectivity index (χ1v) is 6.54. The van der Waals surface area contributed by atoms with Crippen LogP contribution in [0.3, 0.4) is 0 Å². The van der Waals surface area contributed by atoms with Gasteiger partial charge in [-0.15, -0.1) is 0 Å². The minimum Gasteiger partial charge on any atom is -0.357 e. The summed E-state index contributed by atoms with van der Waals surface area (Å²) in [6.07, 6.45) is 1.66. The first kappa shape index (κ1) is 13.0. The maximum atomic E-state index is 6.00. The topological polar surface area (TPSA) is 78.5 Å². The summed E-state index contributed by atoms with van der Waals surface area (Å²) in [6, 6.07) is 5.28. The fourth-order valence-electron chi connectivity index (χ4n) is 1.75. The highest BCUT2D eigenvalue weighted by molar-refractivity contribution is 6.42. The van der Waals surface area contributed by atoms with Crippen LogP contribution >= 0.6 is 23.2 Å². The second kappa shape index (κ2) is 5.15. The van der Waals surface area contributed by atoms with Gasteiger partial charge < -0.3 is 10.6 Å². The second-order valence-corrected chi connectivity index (χ2v) is 4.85. The van der Waals surface area contributed by atoms with E-state index in [0.29, 0.717) is 27.5 Å². The van der Waals surface area contributed by atoms with Gasteiger partial charge in [-0.25, -0.2) is 0 Å². The van der Waals surface area contributed by atoms with Gasteiger partial charge in [0.05, 0.1) is 21.6 Å². The molecule has 0 fully saturated rings. The molecule has 0 spiro atoms. The monoisotopic (exact) mass is 308 g/mol. The molecule has 6 nitrogen and oxygen atoms in total. The Morgan fingerprint density at radius 2 is 2.00 bits per heavy atom. The Balaban J connectivity index is 2.04. The minimum atomic E-state index is 0.475. The third-order valence-electron chi connectivity index (χ3n) is 2.72. The van der Waals surface area contributed by atoms with Crippen LogP contribution in [0.2, 0.25) is 10.0 Å². The molecule has 0 saturated heterocycles. The number of nitrogens with zero attached hydrogens (tertiary/aromatic N) is 3. The fourth-order valence-corrected chi connectivity index (χ4v) is 2.05. The molecule has 8 heteroatoms. The predicted octanol–water partition coefficient (Wildman–Crippen LogP) is 3.45. The van der Waals surface area contributed by atoms with Crippen LogP contribution < -0.4 is 10.6 Å². The van der Waals surface area contributed by atoms with Crippen LogP contribution in [0.5, 0.6) is 0 Å². The zero-order valence-corrected chi connectivity index (χ0v) is 11.9. The van der Waals surface area contributed by atoms with Crippen LogP contribution in [-0.4, -0.2) is 27.2 Å². The van der Waals surface area contributed by atoms with Gasteiger partial charge in [0.1, 0.15) is 5.82 Å². The summed E-state index contributed by atoms with van der Waals surface area (Å²) < 4.78 is 0. The number of hydrogen-bond donors (Lipinski definition) is 3. The smallest absolute Gasteiger partial charge is 0.226 e. The minimum absolute atomic E-state index is 0.475. The molecule has 102 valence electrons. The molecule has 0 bridgehead atoms. The molecular weight excluding hydrogens is 299 g/mol. The predicted molar refractivity (Wildman–Crippen MR) is 81.0 cm³/mol. The number of rotatable bonds is 3. The molecule has 2 heterocycles. The first-order chi connectivity index (χ1) is 9.67. The van der Waals surface area contributed by atoms with Gasteiger partial charge in [-0.1, -0.05) is 23.2 Å². The average molecular weight is 309 g/mol. The fraction of sp³-hybridized carbons (Fsp3) is 0.0833. The Bertz CT molecular complexity index is 770. The van der Waals surface area contributed by atoms with E-state index in [1.807, 2.05) is 6.07 Å². The van der Waals surface area contributed by atoms with E-state index in [1.54, 1.807) is 25.4 Å². The van der Waals surface area contributed by atoms with E-state index in [1.165, 1.54) is 0 Å². The number of hydrogen-bond acceptors (Lipinski definition) is 5. The number of fused-ring (bicyclic) bond motifs is 1. The van der Waals surface area contributed by atoms with Gasteiger partial charge in [0.25, 0.3) is 0 Å². The summed E-state index contributed by atoms with van der Waals surface area (Å²) >= 11 is 11.9. The highest BCUT2D eigenvalue weighted by Crippen LogP contribution is 2.28. The lowest BCUT2D eigenvalue weighted by molar-refractivity contribution is 1.09. The number of anilines is 3.